The molecule has 3 aromatic rings. The van der Waals surface area contributed by atoms with Gasteiger partial charge in [0.25, 0.3) is 5.56 Å². The van der Waals surface area contributed by atoms with Crippen LogP contribution in [0, 0.1) is 19.7 Å². The van der Waals surface area contributed by atoms with Crippen molar-refractivity contribution in [3.8, 4) is 11.1 Å². The molecule has 0 radical (unpaired) electrons. The first-order valence-corrected chi connectivity index (χ1v) is 9.61. The predicted octanol–water partition coefficient (Wildman–Crippen LogP) is 5.46. The van der Waals surface area contributed by atoms with Gasteiger partial charge in [0.2, 0.25) is 0 Å². The minimum absolute atomic E-state index is 0.0164. The van der Waals surface area contributed by atoms with Crippen LogP contribution in [0.5, 0.6) is 0 Å². The SMILES string of the molecule is CCCCCCn1c(C)nc2sc(C)c(-c3ccc(F)cc3)c2c1=O. The molecule has 0 saturated heterocycles. The van der Waals surface area contributed by atoms with E-state index in [1.807, 2.05) is 13.8 Å². The fraction of sp³-hybridized carbons (Fsp3) is 0.400. The molecule has 0 bridgehead atoms. The highest BCUT2D eigenvalue weighted by Crippen LogP contribution is 2.35. The first-order chi connectivity index (χ1) is 12.0. The smallest absolute Gasteiger partial charge is 0.262 e. The Morgan fingerprint density at radius 1 is 1.12 bits per heavy atom. The van der Waals surface area contributed by atoms with Crippen molar-refractivity contribution in [3.63, 3.8) is 0 Å². The number of thiophene rings is 1. The molecule has 0 unspecified atom stereocenters. The Balaban J connectivity index is 2.11. The average molecular weight is 358 g/mol. The maximum absolute atomic E-state index is 13.3. The Morgan fingerprint density at radius 2 is 1.84 bits per heavy atom. The summed E-state index contributed by atoms with van der Waals surface area (Å²) < 4.78 is 15.1. The number of unbranched alkanes of at least 4 members (excludes halogenated alkanes) is 3. The molecule has 3 nitrogen and oxygen atoms in total. The molecule has 5 heteroatoms. The number of aromatic nitrogens is 2. The molecule has 1 aromatic carbocycles. The summed E-state index contributed by atoms with van der Waals surface area (Å²) in [6, 6.07) is 6.33. The normalized spacial score (nSPS) is 11.4. The Bertz CT molecular complexity index is 941. The van der Waals surface area contributed by atoms with E-state index in [1.54, 1.807) is 16.7 Å². The minimum atomic E-state index is -0.275. The number of nitrogens with zero attached hydrogens (tertiary/aromatic N) is 2. The second kappa shape index (κ2) is 7.48. The van der Waals surface area contributed by atoms with Crippen molar-refractivity contribution in [2.45, 2.75) is 53.0 Å². The third-order valence-corrected chi connectivity index (χ3v) is 5.55. The number of rotatable bonds is 6. The summed E-state index contributed by atoms with van der Waals surface area (Å²) in [7, 11) is 0. The lowest BCUT2D eigenvalue weighted by Gasteiger charge is -2.10. The van der Waals surface area contributed by atoms with Gasteiger partial charge in [-0.05, 0) is 38.0 Å². The van der Waals surface area contributed by atoms with Gasteiger partial charge in [-0.2, -0.15) is 0 Å². The molecule has 0 fully saturated rings. The van der Waals surface area contributed by atoms with Crippen molar-refractivity contribution in [2.75, 3.05) is 0 Å². The van der Waals surface area contributed by atoms with Crippen LogP contribution in [0.1, 0.15) is 43.3 Å². The Morgan fingerprint density at radius 3 is 2.52 bits per heavy atom. The lowest BCUT2D eigenvalue weighted by Crippen LogP contribution is -2.23. The molecule has 0 aliphatic carbocycles. The van der Waals surface area contributed by atoms with Crippen LogP contribution in [0.4, 0.5) is 4.39 Å². The Labute approximate surface area is 151 Å². The van der Waals surface area contributed by atoms with E-state index in [9.17, 15) is 9.18 Å². The Hall–Kier alpha value is -2.01. The van der Waals surface area contributed by atoms with E-state index < -0.39 is 0 Å². The van der Waals surface area contributed by atoms with Crippen LogP contribution in [0.2, 0.25) is 0 Å². The van der Waals surface area contributed by atoms with E-state index in [2.05, 4.69) is 11.9 Å². The standard InChI is InChI=1S/C20H23FN2OS/c1-4-5-6-7-12-23-14(3)22-19-18(20(23)24)17(13(2)25-19)15-8-10-16(21)11-9-15/h8-11H,4-7,12H2,1-3H3. The van der Waals surface area contributed by atoms with E-state index in [1.165, 1.54) is 36.3 Å². The molecule has 0 aliphatic heterocycles. The highest BCUT2D eigenvalue weighted by molar-refractivity contribution is 7.19. The number of hydrogen-bond acceptors (Lipinski definition) is 3. The van der Waals surface area contributed by atoms with Gasteiger partial charge in [0.05, 0.1) is 5.39 Å². The number of benzene rings is 1. The van der Waals surface area contributed by atoms with E-state index in [4.69, 9.17) is 0 Å². The second-order valence-electron chi connectivity index (χ2n) is 6.40. The molecular formula is C20H23FN2OS. The van der Waals surface area contributed by atoms with Gasteiger partial charge in [-0.3, -0.25) is 9.36 Å². The predicted molar refractivity (Wildman–Crippen MR) is 103 cm³/mol. The van der Waals surface area contributed by atoms with Crippen molar-refractivity contribution in [2.24, 2.45) is 0 Å². The molecule has 25 heavy (non-hydrogen) atoms. The van der Waals surface area contributed by atoms with Crippen molar-refractivity contribution >= 4 is 21.6 Å². The quantitative estimate of drug-likeness (QED) is 0.548. The summed E-state index contributed by atoms with van der Waals surface area (Å²) in [6.07, 6.45) is 4.45. The van der Waals surface area contributed by atoms with Crippen LogP contribution in [-0.4, -0.2) is 9.55 Å². The zero-order valence-electron chi connectivity index (χ0n) is 14.9. The highest BCUT2D eigenvalue weighted by atomic mass is 32.1. The van der Waals surface area contributed by atoms with E-state index in [0.29, 0.717) is 11.9 Å². The lowest BCUT2D eigenvalue weighted by molar-refractivity contribution is 0.556. The summed E-state index contributed by atoms with van der Waals surface area (Å²) in [4.78, 5) is 19.6. The highest BCUT2D eigenvalue weighted by Gasteiger charge is 2.18. The molecule has 0 aliphatic rings. The maximum Gasteiger partial charge on any atom is 0.262 e. The zero-order chi connectivity index (χ0) is 18.0. The Kier molecular flexibility index (Phi) is 5.33. The van der Waals surface area contributed by atoms with Crippen LogP contribution >= 0.6 is 11.3 Å². The monoisotopic (exact) mass is 358 g/mol. The summed E-state index contributed by atoms with van der Waals surface area (Å²) in [5.41, 5.74) is 1.77. The van der Waals surface area contributed by atoms with Crippen LogP contribution in [0.25, 0.3) is 21.3 Å². The number of hydrogen-bond donors (Lipinski definition) is 0. The lowest BCUT2D eigenvalue weighted by atomic mass is 10.0. The fourth-order valence-electron chi connectivity index (χ4n) is 3.22. The van der Waals surface area contributed by atoms with E-state index in [-0.39, 0.29) is 11.4 Å². The third kappa shape index (κ3) is 3.52. The van der Waals surface area contributed by atoms with Gasteiger partial charge in [0.1, 0.15) is 16.5 Å². The molecular weight excluding hydrogens is 335 g/mol. The number of fused-ring (bicyclic) bond motifs is 1. The van der Waals surface area contributed by atoms with Crippen LogP contribution in [0.3, 0.4) is 0 Å². The first-order valence-electron chi connectivity index (χ1n) is 8.79. The summed E-state index contributed by atoms with van der Waals surface area (Å²) in [5, 5.41) is 0.662. The zero-order valence-corrected chi connectivity index (χ0v) is 15.8. The molecule has 2 heterocycles. The van der Waals surface area contributed by atoms with Gasteiger partial charge in [-0.25, -0.2) is 9.37 Å². The van der Waals surface area contributed by atoms with Crippen molar-refractivity contribution in [1.29, 1.82) is 0 Å². The molecule has 0 atom stereocenters. The van der Waals surface area contributed by atoms with Crippen LogP contribution < -0.4 is 5.56 Å². The van der Waals surface area contributed by atoms with Gasteiger partial charge in [-0.15, -0.1) is 11.3 Å². The van der Waals surface area contributed by atoms with Gasteiger partial charge in [0, 0.05) is 17.0 Å². The second-order valence-corrected chi connectivity index (χ2v) is 7.60. The van der Waals surface area contributed by atoms with Gasteiger partial charge in [-0.1, -0.05) is 38.3 Å². The summed E-state index contributed by atoms with van der Waals surface area (Å²) in [5.74, 6) is 0.490. The summed E-state index contributed by atoms with van der Waals surface area (Å²) >= 11 is 1.53. The molecule has 0 N–H and O–H groups in total. The minimum Gasteiger partial charge on any atom is -0.296 e. The molecule has 3 rings (SSSR count). The summed E-state index contributed by atoms with van der Waals surface area (Å²) in [6.45, 7) is 6.76. The van der Waals surface area contributed by atoms with E-state index in [0.717, 1.165) is 39.5 Å². The van der Waals surface area contributed by atoms with Crippen molar-refractivity contribution < 1.29 is 4.39 Å². The molecule has 0 spiro atoms. The maximum atomic E-state index is 13.3. The van der Waals surface area contributed by atoms with Gasteiger partial charge < -0.3 is 0 Å². The average Bonchev–Trinajstić information content (AvgIpc) is 2.91. The first kappa shape index (κ1) is 17.8. The number of aryl methyl sites for hydroxylation is 2. The van der Waals surface area contributed by atoms with Gasteiger partial charge >= 0.3 is 0 Å². The van der Waals surface area contributed by atoms with Crippen molar-refractivity contribution in [1.82, 2.24) is 9.55 Å². The topological polar surface area (TPSA) is 34.9 Å². The van der Waals surface area contributed by atoms with E-state index >= 15 is 0 Å². The molecule has 132 valence electrons. The van der Waals surface area contributed by atoms with Gasteiger partial charge in [0.15, 0.2) is 0 Å². The molecule has 0 amide bonds. The van der Waals surface area contributed by atoms with Crippen molar-refractivity contribution in [3.05, 3.63) is 51.1 Å². The molecule has 0 saturated carbocycles. The fourth-order valence-corrected chi connectivity index (χ4v) is 4.30. The molecule has 2 aromatic heterocycles. The van der Waals surface area contributed by atoms with Crippen LogP contribution in [0.15, 0.2) is 29.1 Å². The number of halogens is 1. The van der Waals surface area contributed by atoms with Crippen LogP contribution in [-0.2, 0) is 6.54 Å². The largest absolute Gasteiger partial charge is 0.296 e. The third-order valence-electron chi connectivity index (χ3n) is 4.55.